The molecule has 0 N–H and O–H groups in total. The molecule has 1 atom stereocenters. The van der Waals surface area contributed by atoms with Crippen LogP contribution in [-0.4, -0.2) is 8.07 Å². The minimum absolute atomic E-state index is 0.668. The molecule has 0 heterocycles. The summed E-state index contributed by atoms with van der Waals surface area (Å²) in [6.07, 6.45) is 9.23. The van der Waals surface area contributed by atoms with Gasteiger partial charge in [-0.15, -0.1) is 0 Å². The molecule has 0 saturated heterocycles. The van der Waals surface area contributed by atoms with Gasteiger partial charge in [-0.05, 0) is 36.1 Å². The molecule has 2 aliphatic rings. The predicted octanol–water partition coefficient (Wildman–Crippen LogP) is 5.32. The molecule has 3 rings (SSSR count). The van der Waals surface area contributed by atoms with Gasteiger partial charge >= 0.3 is 0 Å². The number of allylic oxidation sites excluding steroid dienone is 6. The lowest BCUT2D eigenvalue weighted by Gasteiger charge is -2.35. The van der Waals surface area contributed by atoms with Gasteiger partial charge in [0.2, 0.25) is 0 Å². The van der Waals surface area contributed by atoms with Crippen LogP contribution in [0.5, 0.6) is 0 Å². The third-order valence-corrected chi connectivity index (χ3v) is 9.39. The molecule has 2 aliphatic carbocycles. The SMILES string of the molecule is CC1=C(C)C([Si](C)(C)C2C=CC=C2)c2ccccc21. The normalized spacial score (nSPS) is 22.4. The lowest BCUT2D eigenvalue weighted by Crippen LogP contribution is -2.38. The van der Waals surface area contributed by atoms with Gasteiger partial charge in [0.05, 0.1) is 8.07 Å². The van der Waals surface area contributed by atoms with Gasteiger partial charge in [-0.2, -0.15) is 0 Å². The summed E-state index contributed by atoms with van der Waals surface area (Å²) in [4.78, 5) is 0. The largest absolute Gasteiger partial charge is 0.0803 e. The molecule has 0 nitrogen and oxygen atoms in total. The first-order valence-electron chi connectivity index (χ1n) is 7.15. The van der Waals surface area contributed by atoms with E-state index in [9.17, 15) is 0 Å². The van der Waals surface area contributed by atoms with Crippen LogP contribution in [0.4, 0.5) is 0 Å². The number of hydrogen-bond donors (Lipinski definition) is 0. The van der Waals surface area contributed by atoms with Gasteiger partial charge in [0.25, 0.3) is 0 Å². The van der Waals surface area contributed by atoms with Gasteiger partial charge in [-0.25, -0.2) is 0 Å². The maximum absolute atomic E-state index is 2.54. The van der Waals surface area contributed by atoms with Gasteiger partial charge in [-0.1, -0.05) is 67.2 Å². The fourth-order valence-corrected chi connectivity index (χ4v) is 7.82. The summed E-state index contributed by atoms with van der Waals surface area (Å²) in [6, 6.07) is 9.00. The molecule has 1 unspecified atom stereocenters. The van der Waals surface area contributed by atoms with Crippen LogP contribution in [0, 0.1) is 0 Å². The van der Waals surface area contributed by atoms with Crippen molar-refractivity contribution in [3.63, 3.8) is 0 Å². The minimum Gasteiger partial charge on any atom is -0.0803 e. The smallest absolute Gasteiger partial charge is 0.0710 e. The maximum Gasteiger partial charge on any atom is 0.0710 e. The van der Waals surface area contributed by atoms with Crippen molar-refractivity contribution in [1.82, 2.24) is 0 Å². The van der Waals surface area contributed by atoms with E-state index >= 15 is 0 Å². The summed E-state index contributed by atoms with van der Waals surface area (Å²) in [6.45, 7) is 9.72. The molecule has 98 valence electrons. The Labute approximate surface area is 117 Å². The van der Waals surface area contributed by atoms with Crippen LogP contribution in [0.1, 0.15) is 30.5 Å². The van der Waals surface area contributed by atoms with Crippen molar-refractivity contribution in [3.05, 3.63) is 65.3 Å². The molecular formula is C18H22Si. The highest BCUT2D eigenvalue weighted by molar-refractivity contribution is 6.82. The average Bonchev–Trinajstić information content (AvgIpc) is 2.99. The zero-order valence-corrected chi connectivity index (χ0v) is 13.3. The van der Waals surface area contributed by atoms with Crippen molar-refractivity contribution in [2.45, 2.75) is 38.0 Å². The van der Waals surface area contributed by atoms with Gasteiger partial charge in [-0.3, -0.25) is 0 Å². The lowest BCUT2D eigenvalue weighted by atomic mass is 10.1. The predicted molar refractivity (Wildman–Crippen MR) is 87.0 cm³/mol. The number of benzene rings is 1. The molecule has 0 spiro atoms. The first kappa shape index (κ1) is 12.7. The Morgan fingerprint density at radius 1 is 0.947 bits per heavy atom. The van der Waals surface area contributed by atoms with Crippen LogP contribution in [-0.2, 0) is 0 Å². The van der Waals surface area contributed by atoms with E-state index in [-0.39, 0.29) is 0 Å². The molecule has 0 aromatic heterocycles. The monoisotopic (exact) mass is 266 g/mol. The lowest BCUT2D eigenvalue weighted by molar-refractivity contribution is 1.03. The van der Waals surface area contributed by atoms with Crippen molar-refractivity contribution >= 4 is 13.6 Å². The van der Waals surface area contributed by atoms with Crippen molar-refractivity contribution in [2.75, 3.05) is 0 Å². The van der Waals surface area contributed by atoms with E-state index in [0.29, 0.717) is 11.1 Å². The zero-order valence-electron chi connectivity index (χ0n) is 12.3. The number of rotatable bonds is 2. The summed E-state index contributed by atoms with van der Waals surface area (Å²) in [7, 11) is -1.42. The number of hydrogen-bond acceptors (Lipinski definition) is 0. The van der Waals surface area contributed by atoms with E-state index in [2.05, 4.69) is 75.5 Å². The molecule has 0 radical (unpaired) electrons. The second kappa shape index (κ2) is 4.34. The highest BCUT2D eigenvalue weighted by Crippen LogP contribution is 2.50. The van der Waals surface area contributed by atoms with Crippen molar-refractivity contribution in [1.29, 1.82) is 0 Å². The Hall–Kier alpha value is -1.34. The minimum atomic E-state index is -1.42. The Kier molecular flexibility index (Phi) is 2.90. The van der Waals surface area contributed by atoms with Crippen LogP contribution in [0.3, 0.4) is 0 Å². The molecular weight excluding hydrogens is 244 g/mol. The highest BCUT2D eigenvalue weighted by Gasteiger charge is 2.43. The molecule has 1 aromatic rings. The second-order valence-electron chi connectivity index (χ2n) is 6.45. The standard InChI is InChI=1S/C18H22Si/c1-13-14(2)18(17-12-8-7-11-16(13)17)19(3,4)15-9-5-6-10-15/h5-12,15,18H,1-4H3. The van der Waals surface area contributed by atoms with Crippen LogP contribution in [0.2, 0.25) is 18.6 Å². The summed E-state index contributed by atoms with van der Waals surface area (Å²) < 4.78 is 0. The quantitative estimate of drug-likeness (QED) is 0.635. The summed E-state index contributed by atoms with van der Waals surface area (Å²) in [5, 5.41) is 0. The first-order chi connectivity index (χ1) is 9.03. The Bertz CT molecular complexity index is 590. The molecule has 0 fully saturated rings. The van der Waals surface area contributed by atoms with Gasteiger partial charge in [0.15, 0.2) is 0 Å². The van der Waals surface area contributed by atoms with Crippen LogP contribution in [0.15, 0.2) is 54.1 Å². The van der Waals surface area contributed by atoms with Crippen LogP contribution >= 0.6 is 0 Å². The number of fused-ring (bicyclic) bond motifs is 1. The third kappa shape index (κ3) is 1.79. The van der Waals surface area contributed by atoms with Crippen molar-refractivity contribution < 1.29 is 0 Å². The van der Waals surface area contributed by atoms with E-state index in [4.69, 9.17) is 0 Å². The summed E-state index contributed by atoms with van der Waals surface area (Å²) in [5.41, 5.74) is 7.51. The van der Waals surface area contributed by atoms with Gasteiger partial charge < -0.3 is 0 Å². The van der Waals surface area contributed by atoms with E-state index in [0.717, 1.165) is 0 Å². The van der Waals surface area contributed by atoms with E-state index in [1.807, 2.05) is 0 Å². The molecule has 0 bridgehead atoms. The van der Waals surface area contributed by atoms with E-state index in [1.54, 1.807) is 11.1 Å². The van der Waals surface area contributed by atoms with Gasteiger partial charge in [0, 0.05) is 5.54 Å². The summed E-state index contributed by atoms with van der Waals surface area (Å²) in [5.74, 6) is 0. The van der Waals surface area contributed by atoms with Gasteiger partial charge in [0.1, 0.15) is 0 Å². The maximum atomic E-state index is 2.54. The van der Waals surface area contributed by atoms with Crippen LogP contribution < -0.4 is 0 Å². The molecule has 0 amide bonds. The van der Waals surface area contributed by atoms with E-state index in [1.165, 1.54) is 11.1 Å². The molecule has 1 heteroatoms. The van der Waals surface area contributed by atoms with E-state index < -0.39 is 8.07 Å². The zero-order chi connectivity index (χ0) is 13.6. The Balaban J connectivity index is 2.11. The molecule has 19 heavy (non-hydrogen) atoms. The Morgan fingerprint density at radius 3 is 2.26 bits per heavy atom. The fourth-order valence-electron chi connectivity index (χ4n) is 3.83. The summed E-state index contributed by atoms with van der Waals surface area (Å²) >= 11 is 0. The Morgan fingerprint density at radius 2 is 1.58 bits per heavy atom. The van der Waals surface area contributed by atoms with Crippen molar-refractivity contribution in [2.24, 2.45) is 0 Å². The molecule has 1 aromatic carbocycles. The highest BCUT2D eigenvalue weighted by atomic mass is 28.3. The first-order valence-corrected chi connectivity index (χ1v) is 10.3. The molecule has 0 aliphatic heterocycles. The topological polar surface area (TPSA) is 0 Å². The average molecular weight is 266 g/mol. The second-order valence-corrected chi connectivity index (χ2v) is 11.3. The molecule has 0 saturated carbocycles. The van der Waals surface area contributed by atoms with Crippen LogP contribution in [0.25, 0.3) is 5.57 Å². The third-order valence-electron chi connectivity index (χ3n) is 5.05. The fraction of sp³-hybridized carbons (Fsp3) is 0.333. The van der Waals surface area contributed by atoms with Crippen molar-refractivity contribution in [3.8, 4) is 0 Å².